The summed E-state index contributed by atoms with van der Waals surface area (Å²) in [5, 5.41) is 3.43. The molecule has 0 amide bonds. The van der Waals surface area contributed by atoms with Crippen LogP contribution in [0.4, 0.5) is 0 Å². The Morgan fingerprint density at radius 1 is 1.46 bits per heavy atom. The molecule has 1 atom stereocenters. The highest BCUT2D eigenvalue weighted by Crippen LogP contribution is 2.13. The molecule has 1 heterocycles. The summed E-state index contributed by atoms with van der Waals surface area (Å²) < 4.78 is 2.19. The summed E-state index contributed by atoms with van der Waals surface area (Å²) in [6.07, 6.45) is 5.00. The molecule has 0 bridgehead atoms. The van der Waals surface area contributed by atoms with E-state index in [9.17, 15) is 0 Å². The van der Waals surface area contributed by atoms with E-state index >= 15 is 0 Å². The standard InChI is InChI=1S/C10H19N3/c1-4-9(11-5-2)10-12-7-8-13(10)6-3/h7-9,11H,4-6H2,1-3H3. The number of nitrogens with one attached hydrogen (secondary N) is 1. The highest BCUT2D eigenvalue weighted by Gasteiger charge is 2.12. The zero-order chi connectivity index (χ0) is 9.68. The zero-order valence-electron chi connectivity index (χ0n) is 8.75. The first kappa shape index (κ1) is 10.3. The van der Waals surface area contributed by atoms with Gasteiger partial charge in [0.15, 0.2) is 0 Å². The van der Waals surface area contributed by atoms with Crippen LogP contribution in [0.25, 0.3) is 0 Å². The average molecular weight is 181 g/mol. The summed E-state index contributed by atoms with van der Waals surface area (Å²) in [6.45, 7) is 8.44. The van der Waals surface area contributed by atoms with Gasteiger partial charge in [0.25, 0.3) is 0 Å². The lowest BCUT2D eigenvalue weighted by atomic mass is 10.2. The molecule has 3 nitrogen and oxygen atoms in total. The van der Waals surface area contributed by atoms with E-state index in [2.05, 4.69) is 35.6 Å². The largest absolute Gasteiger partial charge is 0.334 e. The Bertz CT molecular complexity index is 242. The summed E-state index contributed by atoms with van der Waals surface area (Å²) in [5.74, 6) is 1.16. The summed E-state index contributed by atoms with van der Waals surface area (Å²) in [4.78, 5) is 4.38. The van der Waals surface area contributed by atoms with Gasteiger partial charge in [-0.15, -0.1) is 0 Å². The number of rotatable bonds is 5. The van der Waals surface area contributed by atoms with Gasteiger partial charge >= 0.3 is 0 Å². The smallest absolute Gasteiger partial charge is 0.125 e. The molecule has 0 radical (unpaired) electrons. The van der Waals surface area contributed by atoms with Crippen LogP contribution in [0.1, 0.15) is 39.1 Å². The molecule has 13 heavy (non-hydrogen) atoms. The molecule has 1 rings (SSSR count). The first-order chi connectivity index (χ1) is 6.33. The van der Waals surface area contributed by atoms with Gasteiger partial charge in [-0.3, -0.25) is 0 Å². The second-order valence-corrected chi connectivity index (χ2v) is 3.09. The Morgan fingerprint density at radius 3 is 2.77 bits per heavy atom. The molecule has 1 aromatic rings. The van der Waals surface area contributed by atoms with Crippen LogP contribution < -0.4 is 5.32 Å². The second kappa shape index (κ2) is 5.02. The van der Waals surface area contributed by atoms with Crippen molar-refractivity contribution in [3.8, 4) is 0 Å². The van der Waals surface area contributed by atoms with E-state index < -0.39 is 0 Å². The van der Waals surface area contributed by atoms with Gasteiger partial charge in [0.2, 0.25) is 0 Å². The van der Waals surface area contributed by atoms with E-state index in [1.807, 2.05) is 12.4 Å². The SMILES string of the molecule is CCNC(CC)c1nccn1CC. The number of aryl methyl sites for hydroxylation is 1. The van der Waals surface area contributed by atoms with Crippen LogP contribution in [0.3, 0.4) is 0 Å². The molecule has 0 aromatic carbocycles. The van der Waals surface area contributed by atoms with Crippen LogP contribution in [0, 0.1) is 0 Å². The predicted octanol–water partition coefficient (Wildman–Crippen LogP) is 1.96. The van der Waals surface area contributed by atoms with Crippen molar-refractivity contribution < 1.29 is 0 Å². The van der Waals surface area contributed by atoms with Crippen molar-refractivity contribution in [2.24, 2.45) is 0 Å². The highest BCUT2D eigenvalue weighted by molar-refractivity contribution is 4.98. The molecule has 0 saturated heterocycles. The number of hydrogen-bond donors (Lipinski definition) is 1. The topological polar surface area (TPSA) is 29.9 Å². The minimum Gasteiger partial charge on any atom is -0.334 e. The molecule has 0 aliphatic carbocycles. The van der Waals surface area contributed by atoms with Crippen LogP contribution in [-0.2, 0) is 6.54 Å². The monoisotopic (exact) mass is 181 g/mol. The van der Waals surface area contributed by atoms with Crippen molar-refractivity contribution in [2.45, 2.75) is 39.8 Å². The lowest BCUT2D eigenvalue weighted by Gasteiger charge is -2.16. The molecule has 0 aliphatic rings. The van der Waals surface area contributed by atoms with Gasteiger partial charge in [0.1, 0.15) is 5.82 Å². The Balaban J connectivity index is 2.77. The number of aromatic nitrogens is 2. The van der Waals surface area contributed by atoms with Gasteiger partial charge in [0, 0.05) is 18.9 Å². The molecule has 0 spiro atoms. The summed E-state index contributed by atoms with van der Waals surface area (Å²) in [5.41, 5.74) is 0. The van der Waals surface area contributed by atoms with E-state index in [1.165, 1.54) is 0 Å². The third-order valence-corrected chi connectivity index (χ3v) is 2.26. The van der Waals surface area contributed by atoms with E-state index in [0.29, 0.717) is 6.04 Å². The second-order valence-electron chi connectivity index (χ2n) is 3.09. The van der Waals surface area contributed by atoms with Crippen LogP contribution in [0.2, 0.25) is 0 Å². The fraction of sp³-hybridized carbons (Fsp3) is 0.700. The highest BCUT2D eigenvalue weighted by atomic mass is 15.1. The Labute approximate surface area is 80.2 Å². The Hall–Kier alpha value is -0.830. The van der Waals surface area contributed by atoms with Crippen molar-refractivity contribution in [3.05, 3.63) is 18.2 Å². The van der Waals surface area contributed by atoms with Crippen LogP contribution in [-0.4, -0.2) is 16.1 Å². The van der Waals surface area contributed by atoms with E-state index in [0.717, 1.165) is 25.3 Å². The van der Waals surface area contributed by atoms with Crippen LogP contribution >= 0.6 is 0 Å². The van der Waals surface area contributed by atoms with E-state index in [1.54, 1.807) is 0 Å². The molecular weight excluding hydrogens is 162 g/mol. The molecular formula is C10H19N3. The van der Waals surface area contributed by atoms with Crippen molar-refractivity contribution >= 4 is 0 Å². The predicted molar refractivity (Wildman–Crippen MR) is 54.6 cm³/mol. The molecule has 0 saturated carbocycles. The first-order valence-corrected chi connectivity index (χ1v) is 5.07. The molecule has 1 N–H and O–H groups in total. The normalized spacial score (nSPS) is 13.2. The molecule has 0 fully saturated rings. The molecule has 74 valence electrons. The van der Waals surface area contributed by atoms with Gasteiger partial charge < -0.3 is 9.88 Å². The van der Waals surface area contributed by atoms with Crippen LogP contribution in [0.5, 0.6) is 0 Å². The van der Waals surface area contributed by atoms with Crippen molar-refractivity contribution in [2.75, 3.05) is 6.54 Å². The van der Waals surface area contributed by atoms with E-state index in [4.69, 9.17) is 0 Å². The fourth-order valence-corrected chi connectivity index (χ4v) is 1.56. The van der Waals surface area contributed by atoms with Gasteiger partial charge in [0.05, 0.1) is 6.04 Å². The fourth-order valence-electron chi connectivity index (χ4n) is 1.56. The van der Waals surface area contributed by atoms with Gasteiger partial charge in [-0.25, -0.2) is 4.98 Å². The van der Waals surface area contributed by atoms with Gasteiger partial charge in [-0.2, -0.15) is 0 Å². The summed E-state index contributed by atoms with van der Waals surface area (Å²) >= 11 is 0. The molecule has 3 heteroatoms. The first-order valence-electron chi connectivity index (χ1n) is 5.07. The van der Waals surface area contributed by atoms with Crippen molar-refractivity contribution in [3.63, 3.8) is 0 Å². The Kier molecular flexibility index (Phi) is 3.96. The number of imidazole rings is 1. The molecule has 0 aliphatic heterocycles. The molecule has 1 aromatic heterocycles. The van der Waals surface area contributed by atoms with Crippen LogP contribution in [0.15, 0.2) is 12.4 Å². The minimum atomic E-state index is 0.403. The lowest BCUT2D eigenvalue weighted by molar-refractivity contribution is 0.486. The van der Waals surface area contributed by atoms with Gasteiger partial charge in [-0.05, 0) is 19.9 Å². The maximum Gasteiger partial charge on any atom is 0.125 e. The number of nitrogens with zero attached hydrogens (tertiary/aromatic N) is 2. The third-order valence-electron chi connectivity index (χ3n) is 2.26. The van der Waals surface area contributed by atoms with Crippen molar-refractivity contribution in [1.82, 2.24) is 14.9 Å². The van der Waals surface area contributed by atoms with Crippen molar-refractivity contribution in [1.29, 1.82) is 0 Å². The minimum absolute atomic E-state index is 0.403. The number of hydrogen-bond acceptors (Lipinski definition) is 2. The lowest BCUT2D eigenvalue weighted by Crippen LogP contribution is -2.23. The quantitative estimate of drug-likeness (QED) is 0.752. The maximum absolute atomic E-state index is 4.38. The maximum atomic E-state index is 4.38. The average Bonchev–Trinajstić information content (AvgIpc) is 2.61. The third kappa shape index (κ3) is 2.31. The Morgan fingerprint density at radius 2 is 2.23 bits per heavy atom. The van der Waals surface area contributed by atoms with Gasteiger partial charge in [-0.1, -0.05) is 13.8 Å². The molecule has 1 unspecified atom stereocenters. The zero-order valence-corrected chi connectivity index (χ0v) is 8.75. The summed E-state index contributed by atoms with van der Waals surface area (Å²) in [6, 6.07) is 0.403. The summed E-state index contributed by atoms with van der Waals surface area (Å²) in [7, 11) is 0. The van der Waals surface area contributed by atoms with E-state index in [-0.39, 0.29) is 0 Å².